The fourth-order valence-corrected chi connectivity index (χ4v) is 2.56. The van der Waals surface area contributed by atoms with Crippen LogP contribution < -0.4 is 5.73 Å². The lowest BCUT2D eigenvalue weighted by molar-refractivity contribution is 0.640. The molecule has 2 aromatic heterocycles. The van der Waals surface area contributed by atoms with Gasteiger partial charge in [0.15, 0.2) is 5.65 Å². The van der Waals surface area contributed by atoms with E-state index in [-0.39, 0.29) is 5.25 Å². The van der Waals surface area contributed by atoms with Crippen molar-refractivity contribution >= 4 is 27.9 Å². The molecule has 0 saturated carbocycles. The quantitative estimate of drug-likeness (QED) is 0.890. The van der Waals surface area contributed by atoms with Crippen LogP contribution in [0.25, 0.3) is 11.2 Å². The van der Waals surface area contributed by atoms with E-state index in [1.807, 2.05) is 23.2 Å². The second-order valence-corrected chi connectivity index (χ2v) is 6.68. The molecule has 6 nitrogen and oxygen atoms in total. The first kappa shape index (κ1) is 14.0. The van der Waals surface area contributed by atoms with Crippen LogP contribution in [0.1, 0.15) is 26.0 Å². The number of aryl methyl sites for hydroxylation is 2. The first-order valence-corrected chi connectivity index (χ1v) is 8.07. The summed E-state index contributed by atoms with van der Waals surface area (Å²) in [6.07, 6.45) is 3.62. The third kappa shape index (κ3) is 2.51. The Balaban J connectivity index is 2.49. The Bertz CT molecular complexity index is 615. The molecular formula is C12H21N5OS. The van der Waals surface area contributed by atoms with Crippen molar-refractivity contribution in [1.29, 1.82) is 0 Å². The highest BCUT2D eigenvalue weighted by molar-refractivity contribution is 7.84. The third-order valence-corrected chi connectivity index (χ3v) is 4.60. The summed E-state index contributed by atoms with van der Waals surface area (Å²) in [5.41, 5.74) is 8.76. The van der Waals surface area contributed by atoms with E-state index in [0.717, 1.165) is 29.7 Å². The maximum absolute atomic E-state index is 11.5. The van der Waals surface area contributed by atoms with E-state index in [1.165, 1.54) is 0 Å². The summed E-state index contributed by atoms with van der Waals surface area (Å²) < 4.78 is 15.2. The van der Waals surface area contributed by atoms with Crippen molar-refractivity contribution < 1.29 is 4.21 Å². The molecule has 2 rings (SSSR count). The molecule has 7 heteroatoms. The van der Waals surface area contributed by atoms with Crippen LogP contribution in [-0.4, -0.2) is 35.0 Å². The number of rotatable bonds is 5. The van der Waals surface area contributed by atoms with Crippen LogP contribution in [0.5, 0.6) is 0 Å². The summed E-state index contributed by atoms with van der Waals surface area (Å²) in [6.45, 7) is 4.66. The number of anilines is 1. The Kier molecular flexibility index (Phi) is 3.93. The third-order valence-electron chi connectivity index (χ3n) is 3.31. The predicted molar refractivity (Wildman–Crippen MR) is 78.4 cm³/mol. The Morgan fingerprint density at radius 1 is 1.47 bits per heavy atom. The van der Waals surface area contributed by atoms with Crippen LogP contribution in [0.2, 0.25) is 0 Å². The lowest BCUT2D eigenvalue weighted by Crippen LogP contribution is -2.19. The molecule has 2 unspecified atom stereocenters. The van der Waals surface area contributed by atoms with Gasteiger partial charge in [-0.2, -0.15) is 5.10 Å². The van der Waals surface area contributed by atoms with Crippen molar-refractivity contribution in [3.05, 3.63) is 5.69 Å². The lowest BCUT2D eigenvalue weighted by atomic mass is 10.2. The number of hydrogen-bond donors (Lipinski definition) is 1. The zero-order chi connectivity index (χ0) is 14.2. The van der Waals surface area contributed by atoms with Crippen molar-refractivity contribution in [2.75, 3.05) is 12.0 Å². The maximum atomic E-state index is 11.5. The summed E-state index contributed by atoms with van der Waals surface area (Å²) >= 11 is 0. The number of hydrogen-bond acceptors (Lipinski definition) is 4. The number of imidazole rings is 1. The van der Waals surface area contributed by atoms with Crippen molar-refractivity contribution in [3.8, 4) is 0 Å². The highest BCUT2D eigenvalue weighted by Gasteiger charge is 2.19. The second kappa shape index (κ2) is 5.32. The zero-order valence-electron chi connectivity index (χ0n) is 11.9. The number of nitrogens with two attached hydrogens (primary N) is 1. The normalized spacial score (nSPS) is 14.9. The summed E-state index contributed by atoms with van der Waals surface area (Å²) in [5.74, 6) is 0.470. The van der Waals surface area contributed by atoms with Crippen molar-refractivity contribution in [1.82, 2.24) is 19.3 Å². The molecule has 0 aromatic carbocycles. The van der Waals surface area contributed by atoms with E-state index in [0.29, 0.717) is 12.5 Å². The molecule has 0 amide bonds. The van der Waals surface area contributed by atoms with Crippen LogP contribution in [0.3, 0.4) is 0 Å². The molecule has 2 aromatic rings. The molecule has 0 aliphatic heterocycles. The SMILES string of the molecule is CCCc1nn(C)c2c1nc(N)n2CC(C)S(C)=O. The molecule has 0 aliphatic rings. The minimum absolute atomic E-state index is 0.0317. The number of nitrogen functional groups attached to an aromatic ring is 1. The van der Waals surface area contributed by atoms with Gasteiger partial charge in [0.2, 0.25) is 5.95 Å². The van der Waals surface area contributed by atoms with Gasteiger partial charge in [0, 0.05) is 35.9 Å². The minimum Gasteiger partial charge on any atom is -0.369 e. The van der Waals surface area contributed by atoms with Gasteiger partial charge < -0.3 is 5.73 Å². The van der Waals surface area contributed by atoms with Gasteiger partial charge in [-0.1, -0.05) is 13.3 Å². The molecule has 0 bridgehead atoms. The average molecular weight is 283 g/mol. The molecule has 0 saturated heterocycles. The summed E-state index contributed by atoms with van der Waals surface area (Å²) in [5, 5.41) is 4.53. The molecule has 2 N–H and O–H groups in total. The van der Waals surface area contributed by atoms with Crippen molar-refractivity contribution in [3.63, 3.8) is 0 Å². The first-order valence-electron chi connectivity index (χ1n) is 6.45. The molecule has 2 heterocycles. The average Bonchev–Trinajstić information content (AvgIpc) is 2.80. The topological polar surface area (TPSA) is 78.7 Å². The molecule has 106 valence electrons. The van der Waals surface area contributed by atoms with Gasteiger partial charge in [-0.15, -0.1) is 0 Å². The van der Waals surface area contributed by atoms with Crippen LogP contribution in [0.4, 0.5) is 5.95 Å². The molecule has 0 radical (unpaired) electrons. The van der Waals surface area contributed by atoms with Gasteiger partial charge in [-0.25, -0.2) is 4.98 Å². The molecule has 0 fully saturated rings. The molecule has 2 atom stereocenters. The molecule has 0 spiro atoms. The lowest BCUT2D eigenvalue weighted by Gasteiger charge is -2.11. The van der Waals surface area contributed by atoms with E-state index in [9.17, 15) is 4.21 Å². The highest BCUT2D eigenvalue weighted by atomic mass is 32.2. The standard InChI is InChI=1S/C12H21N5OS/c1-5-6-9-10-11(16(3)15-9)17(12(13)14-10)7-8(2)19(4)18/h8H,5-7H2,1-4H3,(H2,13,14). The monoisotopic (exact) mass is 283 g/mol. The summed E-state index contributed by atoms with van der Waals surface area (Å²) in [4.78, 5) is 4.42. The van der Waals surface area contributed by atoms with Crippen LogP contribution in [0.15, 0.2) is 0 Å². The molecule has 0 aliphatic carbocycles. The van der Waals surface area contributed by atoms with Gasteiger partial charge in [-0.3, -0.25) is 13.5 Å². The smallest absolute Gasteiger partial charge is 0.202 e. The largest absolute Gasteiger partial charge is 0.369 e. The fourth-order valence-electron chi connectivity index (χ4n) is 2.21. The molecule has 19 heavy (non-hydrogen) atoms. The Labute approximate surface area is 115 Å². The Hall–Kier alpha value is -1.37. The first-order chi connectivity index (χ1) is 8.95. The number of aromatic nitrogens is 4. The van der Waals surface area contributed by atoms with Crippen LogP contribution in [0, 0.1) is 0 Å². The van der Waals surface area contributed by atoms with Crippen LogP contribution >= 0.6 is 0 Å². The number of nitrogens with zero attached hydrogens (tertiary/aromatic N) is 4. The van der Waals surface area contributed by atoms with Crippen molar-refractivity contribution in [2.24, 2.45) is 7.05 Å². The zero-order valence-corrected chi connectivity index (χ0v) is 12.7. The predicted octanol–water partition coefficient (Wildman–Crippen LogP) is 1.07. The second-order valence-electron chi connectivity index (χ2n) is 4.88. The van der Waals surface area contributed by atoms with Crippen LogP contribution in [-0.2, 0) is 30.8 Å². The molecular weight excluding hydrogens is 262 g/mol. The van der Waals surface area contributed by atoms with Gasteiger partial charge >= 0.3 is 0 Å². The van der Waals surface area contributed by atoms with E-state index in [1.54, 1.807) is 6.26 Å². The Morgan fingerprint density at radius 2 is 2.16 bits per heavy atom. The summed E-state index contributed by atoms with van der Waals surface area (Å²) in [6, 6.07) is 0. The highest BCUT2D eigenvalue weighted by Crippen LogP contribution is 2.22. The van der Waals surface area contributed by atoms with Gasteiger partial charge in [-0.05, 0) is 13.3 Å². The maximum Gasteiger partial charge on any atom is 0.202 e. The minimum atomic E-state index is -0.883. The summed E-state index contributed by atoms with van der Waals surface area (Å²) in [7, 11) is 1.01. The van der Waals surface area contributed by atoms with Gasteiger partial charge in [0.25, 0.3) is 0 Å². The van der Waals surface area contributed by atoms with Gasteiger partial charge in [0.1, 0.15) is 5.52 Å². The van der Waals surface area contributed by atoms with Crippen molar-refractivity contribution in [2.45, 2.75) is 38.5 Å². The van der Waals surface area contributed by atoms with E-state index >= 15 is 0 Å². The van der Waals surface area contributed by atoms with E-state index in [2.05, 4.69) is 17.0 Å². The van der Waals surface area contributed by atoms with E-state index < -0.39 is 10.8 Å². The fraction of sp³-hybridized carbons (Fsp3) is 0.667. The number of fused-ring (bicyclic) bond motifs is 1. The van der Waals surface area contributed by atoms with Gasteiger partial charge in [0.05, 0.1) is 5.69 Å². The Morgan fingerprint density at radius 3 is 2.74 bits per heavy atom. The van der Waals surface area contributed by atoms with E-state index in [4.69, 9.17) is 5.73 Å².